The maximum absolute atomic E-state index is 5.57. The van der Waals surface area contributed by atoms with Gasteiger partial charge in [0.2, 0.25) is 0 Å². The van der Waals surface area contributed by atoms with E-state index < -0.39 is 0 Å². The summed E-state index contributed by atoms with van der Waals surface area (Å²) in [5.74, 6) is 1.50. The van der Waals surface area contributed by atoms with Crippen molar-refractivity contribution < 1.29 is 9.47 Å². The molecule has 5 nitrogen and oxygen atoms in total. The molecule has 0 radical (unpaired) electrons. The van der Waals surface area contributed by atoms with Crippen LogP contribution in [0.3, 0.4) is 0 Å². The number of ether oxygens (including phenoxy) is 2. The van der Waals surface area contributed by atoms with Gasteiger partial charge in [0.15, 0.2) is 11.5 Å². The van der Waals surface area contributed by atoms with E-state index in [1.807, 2.05) is 18.3 Å². The van der Waals surface area contributed by atoms with Crippen molar-refractivity contribution in [3.8, 4) is 21.9 Å². The third-order valence-corrected chi connectivity index (χ3v) is 6.63. The van der Waals surface area contributed by atoms with Gasteiger partial charge in [-0.25, -0.2) is 4.98 Å². The first-order valence-electron chi connectivity index (χ1n) is 10.4. The molecule has 0 atom stereocenters. The Morgan fingerprint density at radius 1 is 1.03 bits per heavy atom. The van der Waals surface area contributed by atoms with E-state index in [9.17, 15) is 0 Å². The second-order valence-corrected chi connectivity index (χ2v) is 8.69. The second kappa shape index (κ2) is 10.1. The van der Waals surface area contributed by atoms with Crippen LogP contribution in [0.4, 0.5) is 0 Å². The lowest BCUT2D eigenvalue weighted by Gasteiger charge is -2.32. The molecule has 0 unspecified atom stereocenters. The van der Waals surface area contributed by atoms with Crippen molar-refractivity contribution in [1.82, 2.24) is 15.2 Å². The number of nitrogens with one attached hydrogen (secondary N) is 1. The van der Waals surface area contributed by atoms with E-state index >= 15 is 0 Å². The summed E-state index contributed by atoms with van der Waals surface area (Å²) in [4.78, 5) is 8.27. The third-order valence-electron chi connectivity index (χ3n) is 5.60. The van der Waals surface area contributed by atoms with Gasteiger partial charge in [0, 0.05) is 30.9 Å². The van der Waals surface area contributed by atoms with E-state index in [1.54, 1.807) is 25.6 Å². The number of likely N-dealkylation sites (tertiary alicyclic amines) is 1. The maximum atomic E-state index is 5.57. The van der Waals surface area contributed by atoms with Crippen LogP contribution in [0.15, 0.2) is 54.7 Å². The Labute approximate surface area is 182 Å². The van der Waals surface area contributed by atoms with Crippen LogP contribution in [0, 0.1) is 0 Å². The fraction of sp³-hybridized carbons (Fsp3) is 0.375. The summed E-state index contributed by atoms with van der Waals surface area (Å²) in [6.07, 6.45) is 4.28. The van der Waals surface area contributed by atoms with Crippen molar-refractivity contribution in [1.29, 1.82) is 0 Å². The summed E-state index contributed by atoms with van der Waals surface area (Å²) in [6, 6.07) is 17.2. The van der Waals surface area contributed by atoms with Crippen molar-refractivity contribution in [2.24, 2.45) is 0 Å². The molecular formula is C24H29N3O2S. The highest BCUT2D eigenvalue weighted by Gasteiger charge is 2.19. The fourth-order valence-electron chi connectivity index (χ4n) is 3.97. The molecule has 0 saturated carbocycles. The molecule has 1 aliphatic heterocycles. The van der Waals surface area contributed by atoms with Crippen molar-refractivity contribution in [3.05, 3.63) is 65.3 Å². The quantitative estimate of drug-likeness (QED) is 0.575. The SMILES string of the molecule is COc1cccc(-c2cnc(CNC3CCN(Cc4ccccc4)CC3)s2)c1OC. The van der Waals surface area contributed by atoms with Crippen molar-refractivity contribution in [2.45, 2.75) is 32.0 Å². The molecular weight excluding hydrogens is 394 g/mol. The van der Waals surface area contributed by atoms with Crippen LogP contribution in [-0.4, -0.2) is 43.2 Å². The number of nitrogens with zero attached hydrogens (tertiary/aromatic N) is 2. The fourth-order valence-corrected chi connectivity index (χ4v) is 4.86. The predicted octanol–water partition coefficient (Wildman–Crippen LogP) is 4.58. The van der Waals surface area contributed by atoms with Gasteiger partial charge in [-0.3, -0.25) is 4.90 Å². The first-order chi connectivity index (χ1) is 14.8. The van der Waals surface area contributed by atoms with Gasteiger partial charge in [0.25, 0.3) is 0 Å². The monoisotopic (exact) mass is 423 g/mol. The molecule has 30 heavy (non-hydrogen) atoms. The van der Waals surface area contributed by atoms with E-state index in [1.165, 1.54) is 18.4 Å². The highest BCUT2D eigenvalue weighted by atomic mass is 32.1. The third kappa shape index (κ3) is 5.01. The average molecular weight is 424 g/mol. The van der Waals surface area contributed by atoms with Gasteiger partial charge in [0.1, 0.15) is 5.01 Å². The van der Waals surface area contributed by atoms with Crippen LogP contribution < -0.4 is 14.8 Å². The van der Waals surface area contributed by atoms with Gasteiger partial charge in [-0.05, 0) is 43.6 Å². The van der Waals surface area contributed by atoms with Crippen molar-refractivity contribution in [2.75, 3.05) is 27.3 Å². The molecule has 1 aromatic heterocycles. The van der Waals surface area contributed by atoms with E-state index in [0.717, 1.165) is 53.1 Å². The Bertz CT molecular complexity index is 937. The molecule has 6 heteroatoms. The number of methoxy groups -OCH3 is 2. The molecule has 1 aliphatic rings. The number of rotatable bonds is 8. The lowest BCUT2D eigenvalue weighted by atomic mass is 10.0. The average Bonchev–Trinajstić information content (AvgIpc) is 3.27. The molecule has 0 spiro atoms. The number of thiazole rings is 1. The van der Waals surface area contributed by atoms with Gasteiger partial charge in [0.05, 0.1) is 19.1 Å². The summed E-state index contributed by atoms with van der Waals surface area (Å²) in [5.41, 5.74) is 2.42. The Morgan fingerprint density at radius 2 is 1.83 bits per heavy atom. The Morgan fingerprint density at radius 3 is 2.57 bits per heavy atom. The maximum Gasteiger partial charge on any atom is 0.169 e. The number of piperidine rings is 1. The Balaban J connectivity index is 1.30. The number of para-hydroxylation sites is 1. The summed E-state index contributed by atoms with van der Waals surface area (Å²) in [5, 5.41) is 4.80. The molecule has 1 saturated heterocycles. The summed E-state index contributed by atoms with van der Waals surface area (Å²) in [7, 11) is 3.34. The van der Waals surface area contributed by atoms with Crippen LogP contribution >= 0.6 is 11.3 Å². The molecule has 1 fully saturated rings. The minimum atomic E-state index is 0.552. The smallest absolute Gasteiger partial charge is 0.169 e. The first-order valence-corrected chi connectivity index (χ1v) is 11.2. The zero-order valence-electron chi connectivity index (χ0n) is 17.6. The number of hydrogen-bond acceptors (Lipinski definition) is 6. The van der Waals surface area contributed by atoms with Crippen molar-refractivity contribution >= 4 is 11.3 Å². The lowest BCUT2D eigenvalue weighted by Crippen LogP contribution is -2.41. The van der Waals surface area contributed by atoms with Crippen LogP contribution in [-0.2, 0) is 13.1 Å². The zero-order chi connectivity index (χ0) is 20.8. The highest BCUT2D eigenvalue weighted by Crippen LogP contribution is 2.39. The van der Waals surface area contributed by atoms with Crippen LogP contribution in [0.1, 0.15) is 23.4 Å². The molecule has 2 heterocycles. The van der Waals surface area contributed by atoms with Gasteiger partial charge in [-0.1, -0.05) is 36.4 Å². The highest BCUT2D eigenvalue weighted by molar-refractivity contribution is 7.15. The first kappa shape index (κ1) is 20.8. The lowest BCUT2D eigenvalue weighted by molar-refractivity contribution is 0.190. The van der Waals surface area contributed by atoms with Crippen LogP contribution in [0.25, 0.3) is 10.4 Å². The van der Waals surface area contributed by atoms with Gasteiger partial charge >= 0.3 is 0 Å². The number of hydrogen-bond donors (Lipinski definition) is 1. The minimum Gasteiger partial charge on any atom is -0.493 e. The van der Waals surface area contributed by atoms with Gasteiger partial charge in [-0.15, -0.1) is 11.3 Å². The molecule has 2 aromatic carbocycles. The molecule has 158 valence electrons. The summed E-state index contributed by atoms with van der Waals surface area (Å²) < 4.78 is 11.0. The normalized spacial score (nSPS) is 15.3. The van der Waals surface area contributed by atoms with Crippen LogP contribution in [0.5, 0.6) is 11.5 Å². The molecule has 4 rings (SSSR count). The Kier molecular flexibility index (Phi) is 7.00. The summed E-state index contributed by atoms with van der Waals surface area (Å²) >= 11 is 1.71. The van der Waals surface area contributed by atoms with E-state index in [0.29, 0.717) is 6.04 Å². The molecule has 3 aromatic rings. The zero-order valence-corrected chi connectivity index (χ0v) is 18.5. The molecule has 1 N–H and O–H groups in total. The predicted molar refractivity (Wildman–Crippen MR) is 122 cm³/mol. The largest absolute Gasteiger partial charge is 0.493 e. The van der Waals surface area contributed by atoms with Crippen LogP contribution in [0.2, 0.25) is 0 Å². The standard InChI is InChI=1S/C24H29N3O2S/c1-28-21-10-6-9-20(24(21)29-2)22-15-26-23(30-22)16-25-19-11-13-27(14-12-19)17-18-7-4-3-5-8-18/h3-10,15,19,25H,11-14,16-17H2,1-2H3. The van der Waals surface area contributed by atoms with E-state index in [-0.39, 0.29) is 0 Å². The second-order valence-electron chi connectivity index (χ2n) is 7.58. The molecule has 0 aliphatic carbocycles. The number of benzene rings is 2. The molecule has 0 bridgehead atoms. The minimum absolute atomic E-state index is 0.552. The van der Waals surface area contributed by atoms with E-state index in [2.05, 4.69) is 51.6 Å². The van der Waals surface area contributed by atoms with Gasteiger partial charge in [-0.2, -0.15) is 0 Å². The number of aromatic nitrogens is 1. The topological polar surface area (TPSA) is 46.6 Å². The Hall–Kier alpha value is -2.41. The van der Waals surface area contributed by atoms with E-state index in [4.69, 9.17) is 9.47 Å². The molecule has 0 amide bonds. The van der Waals surface area contributed by atoms with Gasteiger partial charge < -0.3 is 14.8 Å². The van der Waals surface area contributed by atoms with Crippen molar-refractivity contribution in [3.63, 3.8) is 0 Å². The summed E-state index contributed by atoms with van der Waals surface area (Å²) in [6.45, 7) is 4.12.